The van der Waals surface area contributed by atoms with Crippen LogP contribution in [0.25, 0.3) is 0 Å². The van der Waals surface area contributed by atoms with Gasteiger partial charge in [0, 0.05) is 16.7 Å². The monoisotopic (exact) mass is 438 g/mol. The minimum Gasteiger partial charge on any atom is -0.302 e. The van der Waals surface area contributed by atoms with Crippen molar-refractivity contribution >= 4 is 32.6 Å². The standard InChI is InChI=1S/C16H27IN2O2S/c1-3-5-12-19(13-6-4-2)14-11-18-22(20,21)16-9-7-15(17)8-10-16/h7-10,18H,3-6,11-14H2,1-2H3. The molecule has 6 heteroatoms. The van der Waals surface area contributed by atoms with E-state index in [9.17, 15) is 8.42 Å². The quantitative estimate of drug-likeness (QED) is 0.539. The molecule has 0 atom stereocenters. The molecule has 0 radical (unpaired) electrons. The summed E-state index contributed by atoms with van der Waals surface area (Å²) in [6, 6.07) is 6.92. The first-order chi connectivity index (χ1) is 10.5. The number of nitrogens with zero attached hydrogens (tertiary/aromatic N) is 1. The summed E-state index contributed by atoms with van der Waals surface area (Å²) in [5.74, 6) is 0. The van der Waals surface area contributed by atoms with E-state index in [1.165, 1.54) is 0 Å². The van der Waals surface area contributed by atoms with Crippen LogP contribution in [0.5, 0.6) is 0 Å². The van der Waals surface area contributed by atoms with Gasteiger partial charge in [0.25, 0.3) is 0 Å². The zero-order chi connectivity index (χ0) is 16.4. The Balaban J connectivity index is 2.49. The van der Waals surface area contributed by atoms with Gasteiger partial charge >= 0.3 is 0 Å². The van der Waals surface area contributed by atoms with Crippen molar-refractivity contribution in [2.24, 2.45) is 0 Å². The molecule has 22 heavy (non-hydrogen) atoms. The molecule has 0 aliphatic carbocycles. The SMILES string of the molecule is CCCCN(CCCC)CCNS(=O)(=O)c1ccc(I)cc1. The number of halogens is 1. The molecule has 0 aliphatic rings. The fraction of sp³-hybridized carbons (Fsp3) is 0.625. The van der Waals surface area contributed by atoms with Crippen LogP contribution in [-0.2, 0) is 10.0 Å². The van der Waals surface area contributed by atoms with Gasteiger partial charge in [0.2, 0.25) is 10.0 Å². The third-order valence-electron chi connectivity index (χ3n) is 3.50. The van der Waals surface area contributed by atoms with E-state index in [-0.39, 0.29) is 0 Å². The van der Waals surface area contributed by atoms with Crippen molar-refractivity contribution in [2.75, 3.05) is 26.2 Å². The lowest BCUT2D eigenvalue weighted by Gasteiger charge is -2.22. The van der Waals surface area contributed by atoms with E-state index in [1.807, 2.05) is 12.1 Å². The first kappa shape index (κ1) is 19.9. The number of nitrogens with one attached hydrogen (secondary N) is 1. The summed E-state index contributed by atoms with van der Waals surface area (Å²) >= 11 is 2.17. The second-order valence-electron chi connectivity index (χ2n) is 5.40. The topological polar surface area (TPSA) is 49.4 Å². The summed E-state index contributed by atoms with van der Waals surface area (Å²) in [5, 5.41) is 0. The van der Waals surface area contributed by atoms with E-state index in [1.54, 1.807) is 12.1 Å². The highest BCUT2D eigenvalue weighted by Crippen LogP contribution is 2.11. The predicted molar refractivity (Wildman–Crippen MR) is 101 cm³/mol. The normalized spacial score (nSPS) is 12.0. The first-order valence-electron chi connectivity index (χ1n) is 7.97. The highest BCUT2D eigenvalue weighted by Gasteiger charge is 2.13. The minimum absolute atomic E-state index is 0.335. The molecular weight excluding hydrogens is 411 g/mol. The van der Waals surface area contributed by atoms with Crippen molar-refractivity contribution in [3.05, 3.63) is 27.8 Å². The lowest BCUT2D eigenvalue weighted by molar-refractivity contribution is 0.269. The van der Waals surface area contributed by atoms with E-state index in [0.29, 0.717) is 11.4 Å². The van der Waals surface area contributed by atoms with E-state index < -0.39 is 10.0 Å². The lowest BCUT2D eigenvalue weighted by Crippen LogP contribution is -2.36. The molecule has 0 saturated heterocycles. The van der Waals surface area contributed by atoms with E-state index in [4.69, 9.17) is 0 Å². The largest absolute Gasteiger partial charge is 0.302 e. The number of sulfonamides is 1. The molecule has 0 aliphatic heterocycles. The molecule has 126 valence electrons. The first-order valence-corrected chi connectivity index (χ1v) is 10.5. The molecule has 1 aromatic rings. The number of hydrogen-bond donors (Lipinski definition) is 1. The smallest absolute Gasteiger partial charge is 0.240 e. The molecule has 0 bridgehead atoms. The van der Waals surface area contributed by atoms with Gasteiger partial charge in [0.15, 0.2) is 0 Å². The summed E-state index contributed by atoms with van der Waals surface area (Å²) in [5.41, 5.74) is 0. The molecular formula is C16H27IN2O2S. The van der Waals surface area contributed by atoms with Crippen LogP contribution in [-0.4, -0.2) is 39.5 Å². The summed E-state index contributed by atoms with van der Waals surface area (Å²) in [6.45, 7) is 7.67. The van der Waals surface area contributed by atoms with Crippen LogP contribution in [0.4, 0.5) is 0 Å². The molecule has 0 aromatic heterocycles. The lowest BCUT2D eigenvalue weighted by atomic mass is 10.2. The van der Waals surface area contributed by atoms with Gasteiger partial charge in [-0.2, -0.15) is 0 Å². The fourth-order valence-electron chi connectivity index (χ4n) is 2.13. The fourth-order valence-corrected chi connectivity index (χ4v) is 3.51. The Kier molecular flexibility index (Phi) is 9.54. The number of benzene rings is 1. The van der Waals surface area contributed by atoms with Gasteiger partial charge in [-0.25, -0.2) is 13.1 Å². The van der Waals surface area contributed by atoms with Gasteiger partial charge < -0.3 is 4.90 Å². The number of hydrogen-bond acceptors (Lipinski definition) is 3. The maximum atomic E-state index is 12.2. The van der Waals surface area contributed by atoms with Crippen LogP contribution >= 0.6 is 22.6 Å². The van der Waals surface area contributed by atoms with E-state index in [0.717, 1.165) is 48.9 Å². The summed E-state index contributed by atoms with van der Waals surface area (Å²) < 4.78 is 28.2. The molecule has 0 heterocycles. The van der Waals surface area contributed by atoms with Crippen molar-refractivity contribution < 1.29 is 8.42 Å². The van der Waals surface area contributed by atoms with Gasteiger partial charge in [0.1, 0.15) is 0 Å². The highest BCUT2D eigenvalue weighted by atomic mass is 127. The van der Waals surface area contributed by atoms with Crippen molar-refractivity contribution in [3.63, 3.8) is 0 Å². The van der Waals surface area contributed by atoms with Crippen LogP contribution in [0.3, 0.4) is 0 Å². The Morgan fingerprint density at radius 1 is 1.00 bits per heavy atom. The number of unbranched alkanes of at least 4 members (excludes halogenated alkanes) is 2. The van der Waals surface area contributed by atoms with Crippen molar-refractivity contribution in [1.82, 2.24) is 9.62 Å². The average molecular weight is 438 g/mol. The Bertz CT molecular complexity index is 509. The Morgan fingerprint density at radius 3 is 2.05 bits per heavy atom. The van der Waals surface area contributed by atoms with E-state index in [2.05, 4.69) is 46.1 Å². The van der Waals surface area contributed by atoms with Gasteiger partial charge in [-0.05, 0) is 72.8 Å². The molecule has 0 fully saturated rings. The maximum Gasteiger partial charge on any atom is 0.240 e. The summed E-state index contributed by atoms with van der Waals surface area (Å²) in [6.07, 6.45) is 4.65. The van der Waals surface area contributed by atoms with Crippen molar-refractivity contribution in [1.29, 1.82) is 0 Å². The zero-order valence-corrected chi connectivity index (χ0v) is 16.5. The molecule has 1 aromatic carbocycles. The summed E-state index contributed by atoms with van der Waals surface area (Å²) in [4.78, 5) is 2.69. The van der Waals surface area contributed by atoms with Gasteiger partial charge in [0.05, 0.1) is 4.90 Å². The second kappa shape index (κ2) is 10.6. The van der Waals surface area contributed by atoms with Crippen molar-refractivity contribution in [3.8, 4) is 0 Å². The van der Waals surface area contributed by atoms with Crippen LogP contribution in [0.2, 0.25) is 0 Å². The molecule has 4 nitrogen and oxygen atoms in total. The average Bonchev–Trinajstić information content (AvgIpc) is 2.49. The van der Waals surface area contributed by atoms with Crippen molar-refractivity contribution in [2.45, 2.75) is 44.4 Å². The van der Waals surface area contributed by atoms with Gasteiger partial charge in [-0.3, -0.25) is 0 Å². The highest BCUT2D eigenvalue weighted by molar-refractivity contribution is 14.1. The molecule has 1 rings (SSSR count). The third kappa shape index (κ3) is 7.39. The zero-order valence-electron chi connectivity index (χ0n) is 13.5. The molecule has 0 unspecified atom stereocenters. The Morgan fingerprint density at radius 2 is 1.55 bits per heavy atom. The van der Waals surface area contributed by atoms with Crippen LogP contribution in [0.1, 0.15) is 39.5 Å². The van der Waals surface area contributed by atoms with Crippen LogP contribution < -0.4 is 4.72 Å². The van der Waals surface area contributed by atoms with Crippen LogP contribution in [0.15, 0.2) is 29.2 Å². The predicted octanol–water partition coefficient (Wildman–Crippen LogP) is 3.47. The number of rotatable bonds is 11. The van der Waals surface area contributed by atoms with Gasteiger partial charge in [-0.15, -0.1) is 0 Å². The maximum absolute atomic E-state index is 12.2. The van der Waals surface area contributed by atoms with Gasteiger partial charge in [-0.1, -0.05) is 26.7 Å². The Hall–Kier alpha value is -0.180. The third-order valence-corrected chi connectivity index (χ3v) is 5.70. The molecule has 1 N–H and O–H groups in total. The molecule has 0 saturated carbocycles. The van der Waals surface area contributed by atoms with E-state index >= 15 is 0 Å². The van der Waals surface area contributed by atoms with Crippen LogP contribution in [0, 0.1) is 3.57 Å². The Labute approximate surface area is 148 Å². The molecule has 0 spiro atoms. The minimum atomic E-state index is -3.39. The summed E-state index contributed by atoms with van der Waals surface area (Å²) in [7, 11) is -3.39. The molecule has 0 amide bonds. The second-order valence-corrected chi connectivity index (χ2v) is 8.41.